The Kier molecular flexibility index (Phi) is 9.11. The lowest BCUT2D eigenvalue weighted by Crippen LogP contribution is -2.14. The maximum Gasteiger partial charge on any atom is 0.124 e. The zero-order valence-electron chi connectivity index (χ0n) is 12.7. The summed E-state index contributed by atoms with van der Waals surface area (Å²) in [5, 5.41) is 5.27. The van der Waals surface area contributed by atoms with Crippen LogP contribution in [0.25, 0.3) is 0 Å². The molecule has 0 bridgehead atoms. The van der Waals surface area contributed by atoms with Crippen LogP contribution in [0.5, 0.6) is 5.75 Å². The fourth-order valence-electron chi connectivity index (χ4n) is 2.02. The Morgan fingerprint density at radius 2 is 1.65 bits per heavy atom. The van der Waals surface area contributed by atoms with Crippen molar-refractivity contribution < 1.29 is 4.74 Å². The van der Waals surface area contributed by atoms with E-state index in [4.69, 9.17) is 39.5 Å². The molecule has 0 atom stereocenters. The summed E-state index contributed by atoms with van der Waals surface area (Å²) in [5.74, 6) is 0.805. The maximum absolute atomic E-state index is 6.17. The normalized spacial score (nSPS) is 10.3. The van der Waals surface area contributed by atoms with Crippen LogP contribution in [0.4, 0.5) is 0 Å². The molecule has 2 nitrogen and oxygen atoms in total. The molecule has 126 valence electrons. The Bertz CT molecular complexity index is 634. The molecule has 2 rings (SSSR count). The Balaban J connectivity index is 0.00000264. The Hall–Kier alpha value is -0.640. The van der Waals surface area contributed by atoms with E-state index < -0.39 is 0 Å². The molecular weight excluding hydrogens is 376 g/mol. The lowest BCUT2D eigenvalue weighted by atomic mass is 10.2. The summed E-state index contributed by atoms with van der Waals surface area (Å²) in [6, 6.07) is 11.0. The van der Waals surface area contributed by atoms with Crippen LogP contribution in [0.3, 0.4) is 0 Å². The number of rotatable bonds is 7. The highest BCUT2D eigenvalue weighted by Crippen LogP contribution is 2.26. The van der Waals surface area contributed by atoms with Crippen molar-refractivity contribution in [2.45, 2.75) is 26.5 Å². The minimum absolute atomic E-state index is 0. The predicted molar refractivity (Wildman–Crippen MR) is 101 cm³/mol. The van der Waals surface area contributed by atoms with Gasteiger partial charge in [-0.05, 0) is 43.3 Å². The van der Waals surface area contributed by atoms with Crippen LogP contribution in [0, 0.1) is 0 Å². The number of halogens is 4. The molecule has 0 fully saturated rings. The first-order valence-corrected chi connectivity index (χ1v) is 8.29. The van der Waals surface area contributed by atoms with E-state index in [2.05, 4.69) is 12.2 Å². The summed E-state index contributed by atoms with van der Waals surface area (Å²) in [7, 11) is 0. The lowest BCUT2D eigenvalue weighted by Gasteiger charge is -2.13. The maximum atomic E-state index is 6.17. The van der Waals surface area contributed by atoms with E-state index in [0.717, 1.165) is 36.4 Å². The van der Waals surface area contributed by atoms with Gasteiger partial charge in [-0.15, -0.1) is 12.4 Å². The van der Waals surface area contributed by atoms with E-state index in [1.807, 2.05) is 24.3 Å². The zero-order chi connectivity index (χ0) is 15.9. The molecule has 1 N–H and O–H groups in total. The van der Waals surface area contributed by atoms with Crippen molar-refractivity contribution in [3.63, 3.8) is 0 Å². The third-order valence-corrected chi connectivity index (χ3v) is 3.99. The van der Waals surface area contributed by atoms with Gasteiger partial charge in [0, 0.05) is 32.7 Å². The van der Waals surface area contributed by atoms with Crippen molar-refractivity contribution in [3.05, 3.63) is 62.6 Å². The molecule has 0 aliphatic heterocycles. The van der Waals surface area contributed by atoms with E-state index in [9.17, 15) is 0 Å². The predicted octanol–water partition coefficient (Wildman–Crippen LogP) is 6.15. The van der Waals surface area contributed by atoms with Gasteiger partial charge in [-0.1, -0.05) is 47.8 Å². The van der Waals surface area contributed by atoms with Gasteiger partial charge in [0.1, 0.15) is 12.4 Å². The van der Waals surface area contributed by atoms with Crippen LogP contribution in [-0.4, -0.2) is 6.54 Å². The molecule has 0 saturated carbocycles. The molecule has 2 aromatic carbocycles. The molecule has 0 saturated heterocycles. The fourth-order valence-corrected chi connectivity index (χ4v) is 2.68. The average molecular weight is 395 g/mol. The van der Waals surface area contributed by atoms with E-state index in [-0.39, 0.29) is 12.4 Å². The number of benzene rings is 2. The van der Waals surface area contributed by atoms with Crippen LogP contribution in [-0.2, 0) is 13.2 Å². The summed E-state index contributed by atoms with van der Waals surface area (Å²) in [6.45, 7) is 4.19. The van der Waals surface area contributed by atoms with E-state index in [0.29, 0.717) is 21.7 Å². The highest BCUT2D eigenvalue weighted by molar-refractivity contribution is 6.35. The molecular formula is C17H19Cl4NO. The molecule has 0 aliphatic rings. The monoisotopic (exact) mass is 393 g/mol. The van der Waals surface area contributed by atoms with Crippen LogP contribution < -0.4 is 10.1 Å². The van der Waals surface area contributed by atoms with Gasteiger partial charge in [-0.25, -0.2) is 0 Å². The van der Waals surface area contributed by atoms with Crippen molar-refractivity contribution in [2.75, 3.05) is 6.54 Å². The quantitative estimate of drug-likeness (QED) is 0.568. The second-order valence-corrected chi connectivity index (χ2v) is 6.23. The van der Waals surface area contributed by atoms with Crippen LogP contribution >= 0.6 is 47.2 Å². The van der Waals surface area contributed by atoms with Gasteiger partial charge in [-0.3, -0.25) is 0 Å². The van der Waals surface area contributed by atoms with E-state index in [1.54, 1.807) is 12.1 Å². The SMILES string of the molecule is CCCNCc1cc(Cl)ccc1OCc1ccc(Cl)cc1Cl.Cl. The largest absolute Gasteiger partial charge is 0.489 e. The van der Waals surface area contributed by atoms with Crippen LogP contribution in [0.2, 0.25) is 15.1 Å². The zero-order valence-corrected chi connectivity index (χ0v) is 15.8. The van der Waals surface area contributed by atoms with Gasteiger partial charge in [0.2, 0.25) is 0 Å². The number of hydrogen-bond acceptors (Lipinski definition) is 2. The molecule has 23 heavy (non-hydrogen) atoms. The van der Waals surface area contributed by atoms with Crippen LogP contribution in [0.1, 0.15) is 24.5 Å². The van der Waals surface area contributed by atoms with Crippen LogP contribution in [0.15, 0.2) is 36.4 Å². The molecule has 0 heterocycles. The highest BCUT2D eigenvalue weighted by Gasteiger charge is 2.07. The Morgan fingerprint density at radius 1 is 0.957 bits per heavy atom. The Morgan fingerprint density at radius 3 is 2.35 bits per heavy atom. The first-order valence-electron chi connectivity index (χ1n) is 7.16. The smallest absolute Gasteiger partial charge is 0.124 e. The number of hydrogen-bond donors (Lipinski definition) is 1. The minimum Gasteiger partial charge on any atom is -0.489 e. The minimum atomic E-state index is 0. The summed E-state index contributed by atoms with van der Waals surface area (Å²) in [4.78, 5) is 0. The summed E-state index contributed by atoms with van der Waals surface area (Å²) in [6.07, 6.45) is 1.08. The van der Waals surface area contributed by atoms with E-state index in [1.165, 1.54) is 0 Å². The molecule has 2 aromatic rings. The van der Waals surface area contributed by atoms with Crippen molar-refractivity contribution in [1.82, 2.24) is 5.32 Å². The topological polar surface area (TPSA) is 21.3 Å². The molecule has 0 aromatic heterocycles. The van der Waals surface area contributed by atoms with Gasteiger partial charge < -0.3 is 10.1 Å². The van der Waals surface area contributed by atoms with Crippen molar-refractivity contribution in [1.29, 1.82) is 0 Å². The van der Waals surface area contributed by atoms with Gasteiger partial charge in [-0.2, -0.15) is 0 Å². The first kappa shape index (κ1) is 20.4. The first-order chi connectivity index (χ1) is 10.6. The molecule has 0 aliphatic carbocycles. The van der Waals surface area contributed by atoms with Crippen molar-refractivity contribution in [3.8, 4) is 5.75 Å². The summed E-state index contributed by atoms with van der Waals surface area (Å²) >= 11 is 18.1. The van der Waals surface area contributed by atoms with Gasteiger partial charge in [0.05, 0.1) is 0 Å². The fraction of sp³-hybridized carbons (Fsp3) is 0.294. The molecule has 0 spiro atoms. The van der Waals surface area contributed by atoms with Gasteiger partial charge in [0.25, 0.3) is 0 Å². The van der Waals surface area contributed by atoms with Crippen molar-refractivity contribution >= 4 is 47.2 Å². The lowest BCUT2D eigenvalue weighted by molar-refractivity contribution is 0.302. The third kappa shape index (κ3) is 6.40. The summed E-state index contributed by atoms with van der Waals surface area (Å²) < 4.78 is 5.90. The second kappa shape index (κ2) is 10.3. The number of nitrogens with one attached hydrogen (secondary N) is 1. The third-order valence-electron chi connectivity index (χ3n) is 3.16. The van der Waals surface area contributed by atoms with Crippen molar-refractivity contribution in [2.24, 2.45) is 0 Å². The standard InChI is InChI=1S/C17H18Cl3NO.ClH/c1-2-7-21-10-13-8-14(18)5-6-17(13)22-11-12-3-4-15(19)9-16(12)20;/h3-6,8-9,21H,2,7,10-11H2,1H3;1H. The van der Waals surface area contributed by atoms with Gasteiger partial charge >= 0.3 is 0 Å². The molecule has 0 unspecified atom stereocenters. The molecule has 0 radical (unpaired) electrons. The average Bonchev–Trinajstić information content (AvgIpc) is 2.48. The molecule has 6 heteroatoms. The Labute approximate surface area is 158 Å². The summed E-state index contributed by atoms with van der Waals surface area (Å²) in [5.41, 5.74) is 1.93. The molecule has 0 amide bonds. The second-order valence-electron chi connectivity index (χ2n) is 4.95. The van der Waals surface area contributed by atoms with E-state index >= 15 is 0 Å². The van der Waals surface area contributed by atoms with Gasteiger partial charge in [0.15, 0.2) is 0 Å². The number of ether oxygens (including phenoxy) is 1. The highest BCUT2D eigenvalue weighted by atomic mass is 35.5.